The van der Waals surface area contributed by atoms with Gasteiger partial charge in [-0.2, -0.15) is 0 Å². The fourth-order valence-corrected chi connectivity index (χ4v) is 3.34. The van der Waals surface area contributed by atoms with Crippen LogP contribution in [0.2, 0.25) is 0 Å². The zero-order valence-electron chi connectivity index (χ0n) is 16.8. The monoisotopic (exact) mass is 394 g/mol. The summed E-state index contributed by atoms with van der Waals surface area (Å²) in [5, 5.41) is 2.99. The van der Waals surface area contributed by atoms with Crippen LogP contribution < -0.4 is 14.8 Å². The highest BCUT2D eigenvalue weighted by molar-refractivity contribution is 5.98. The molecule has 2 aliphatic carbocycles. The van der Waals surface area contributed by atoms with Crippen LogP contribution in [0.1, 0.15) is 52.0 Å². The molecule has 0 heterocycles. The molecule has 0 aromatic heterocycles. The van der Waals surface area contributed by atoms with Crippen LogP contribution in [-0.4, -0.2) is 43.0 Å². The number of carbonyl (C=O) groups is 2. The molecule has 6 heteroatoms. The van der Waals surface area contributed by atoms with Gasteiger partial charge in [-0.25, -0.2) is 0 Å². The Hall–Kier alpha value is -3.02. The maximum Gasteiger partial charge on any atom is 0.258 e. The Kier molecular flexibility index (Phi) is 5.43. The number of amides is 2. The van der Waals surface area contributed by atoms with Gasteiger partial charge >= 0.3 is 0 Å². The van der Waals surface area contributed by atoms with E-state index in [1.165, 1.54) is 0 Å². The molecule has 2 aliphatic rings. The van der Waals surface area contributed by atoms with Crippen molar-refractivity contribution in [1.82, 2.24) is 10.2 Å². The van der Waals surface area contributed by atoms with Gasteiger partial charge in [0, 0.05) is 24.2 Å². The van der Waals surface area contributed by atoms with Crippen molar-refractivity contribution in [3.05, 3.63) is 59.2 Å². The minimum atomic E-state index is -0.0706. The first-order chi connectivity index (χ1) is 14.1. The van der Waals surface area contributed by atoms with Crippen LogP contribution in [0, 0.1) is 0 Å². The van der Waals surface area contributed by atoms with E-state index in [1.807, 2.05) is 29.2 Å². The minimum Gasteiger partial charge on any atom is -0.497 e. The van der Waals surface area contributed by atoms with Gasteiger partial charge in [0.05, 0.1) is 19.8 Å². The molecule has 0 atom stereocenters. The fourth-order valence-electron chi connectivity index (χ4n) is 3.34. The van der Waals surface area contributed by atoms with Crippen LogP contribution in [0.3, 0.4) is 0 Å². The van der Waals surface area contributed by atoms with Gasteiger partial charge in [0.2, 0.25) is 0 Å². The van der Waals surface area contributed by atoms with E-state index in [-0.39, 0.29) is 17.9 Å². The Bertz CT molecular complexity index is 902. The standard InChI is InChI=1S/C23H26N2O4/c1-28-19-11-12-21(29-2)20(13-19)23(27)25(18-9-10-18)14-15-3-5-16(6-4-15)22(26)24-17-7-8-17/h3-6,11-13,17-18H,7-10,14H2,1-2H3,(H,24,26). The summed E-state index contributed by atoms with van der Waals surface area (Å²) in [6.07, 6.45) is 4.13. The van der Waals surface area contributed by atoms with E-state index < -0.39 is 0 Å². The average Bonchev–Trinajstić information content (AvgIpc) is 3.66. The molecule has 2 fully saturated rings. The molecule has 0 aliphatic heterocycles. The summed E-state index contributed by atoms with van der Waals surface area (Å²) in [6.45, 7) is 0.494. The topological polar surface area (TPSA) is 67.9 Å². The normalized spacial score (nSPS) is 15.5. The number of nitrogens with one attached hydrogen (secondary N) is 1. The summed E-state index contributed by atoms with van der Waals surface area (Å²) in [6, 6.07) is 13.3. The van der Waals surface area contributed by atoms with E-state index in [0.717, 1.165) is 31.2 Å². The third-order valence-corrected chi connectivity index (χ3v) is 5.37. The molecule has 0 spiro atoms. The van der Waals surface area contributed by atoms with Crippen molar-refractivity contribution in [1.29, 1.82) is 0 Å². The first kappa shape index (κ1) is 19.3. The van der Waals surface area contributed by atoms with Gasteiger partial charge in [0.15, 0.2) is 0 Å². The summed E-state index contributed by atoms with van der Waals surface area (Å²) in [7, 11) is 3.14. The second-order valence-corrected chi connectivity index (χ2v) is 7.68. The zero-order valence-corrected chi connectivity index (χ0v) is 16.8. The Morgan fingerprint density at radius 2 is 1.72 bits per heavy atom. The van der Waals surface area contributed by atoms with Crippen molar-refractivity contribution < 1.29 is 19.1 Å². The molecule has 2 aromatic carbocycles. The summed E-state index contributed by atoms with van der Waals surface area (Å²) >= 11 is 0. The van der Waals surface area contributed by atoms with Gasteiger partial charge in [-0.3, -0.25) is 9.59 Å². The predicted molar refractivity (Wildman–Crippen MR) is 109 cm³/mol. The maximum atomic E-state index is 13.3. The van der Waals surface area contributed by atoms with E-state index >= 15 is 0 Å². The average molecular weight is 394 g/mol. The smallest absolute Gasteiger partial charge is 0.258 e. The van der Waals surface area contributed by atoms with Gasteiger partial charge in [-0.05, 0) is 61.6 Å². The van der Waals surface area contributed by atoms with Gasteiger partial charge < -0.3 is 19.7 Å². The molecule has 29 heavy (non-hydrogen) atoms. The molecule has 4 rings (SSSR count). The van der Waals surface area contributed by atoms with Crippen molar-refractivity contribution in [2.75, 3.05) is 14.2 Å². The van der Waals surface area contributed by atoms with E-state index in [2.05, 4.69) is 5.32 Å². The van der Waals surface area contributed by atoms with Crippen LogP contribution in [0.4, 0.5) is 0 Å². The Balaban J connectivity index is 1.51. The lowest BCUT2D eigenvalue weighted by molar-refractivity contribution is 0.0725. The zero-order chi connectivity index (χ0) is 20.4. The molecule has 2 aromatic rings. The lowest BCUT2D eigenvalue weighted by atomic mass is 10.1. The number of carbonyl (C=O) groups excluding carboxylic acids is 2. The van der Waals surface area contributed by atoms with E-state index in [9.17, 15) is 9.59 Å². The van der Waals surface area contributed by atoms with Crippen LogP contribution in [0.5, 0.6) is 11.5 Å². The van der Waals surface area contributed by atoms with Gasteiger partial charge in [-0.1, -0.05) is 12.1 Å². The van der Waals surface area contributed by atoms with Gasteiger partial charge in [0.25, 0.3) is 11.8 Å². The fraction of sp³-hybridized carbons (Fsp3) is 0.391. The van der Waals surface area contributed by atoms with Crippen molar-refractivity contribution in [2.24, 2.45) is 0 Å². The Morgan fingerprint density at radius 1 is 1.00 bits per heavy atom. The highest BCUT2D eigenvalue weighted by Gasteiger charge is 2.34. The molecule has 0 radical (unpaired) electrons. The highest BCUT2D eigenvalue weighted by Crippen LogP contribution is 2.33. The minimum absolute atomic E-state index is 0.0321. The third kappa shape index (κ3) is 4.53. The lowest BCUT2D eigenvalue weighted by Gasteiger charge is -2.24. The molecule has 152 valence electrons. The number of benzene rings is 2. The molecule has 0 saturated heterocycles. The summed E-state index contributed by atoms with van der Waals surface area (Å²) < 4.78 is 10.7. The summed E-state index contributed by atoms with van der Waals surface area (Å²) in [5.74, 6) is 1.05. The molecule has 2 amide bonds. The summed E-state index contributed by atoms with van der Waals surface area (Å²) in [5.41, 5.74) is 2.15. The molecule has 1 N–H and O–H groups in total. The predicted octanol–water partition coefficient (Wildman–Crippen LogP) is 3.40. The first-order valence-electron chi connectivity index (χ1n) is 10.0. The second kappa shape index (κ2) is 8.15. The van der Waals surface area contributed by atoms with Crippen LogP contribution in [0.15, 0.2) is 42.5 Å². The van der Waals surface area contributed by atoms with E-state index in [4.69, 9.17) is 9.47 Å². The molecule has 2 saturated carbocycles. The van der Waals surface area contributed by atoms with E-state index in [1.54, 1.807) is 32.4 Å². The number of rotatable bonds is 8. The van der Waals surface area contributed by atoms with Gasteiger partial charge in [0.1, 0.15) is 11.5 Å². The molecular weight excluding hydrogens is 368 g/mol. The lowest BCUT2D eigenvalue weighted by Crippen LogP contribution is -2.33. The van der Waals surface area contributed by atoms with Crippen molar-refractivity contribution in [2.45, 2.75) is 44.3 Å². The third-order valence-electron chi connectivity index (χ3n) is 5.37. The van der Waals surface area contributed by atoms with E-state index in [0.29, 0.717) is 35.2 Å². The molecular formula is C23H26N2O4. The molecule has 0 unspecified atom stereocenters. The highest BCUT2D eigenvalue weighted by atomic mass is 16.5. The number of nitrogens with zero attached hydrogens (tertiary/aromatic N) is 1. The van der Waals surface area contributed by atoms with Crippen LogP contribution in [-0.2, 0) is 6.54 Å². The number of ether oxygens (including phenoxy) is 2. The summed E-state index contributed by atoms with van der Waals surface area (Å²) in [4.78, 5) is 27.4. The van der Waals surface area contributed by atoms with Crippen LogP contribution >= 0.6 is 0 Å². The number of methoxy groups -OCH3 is 2. The van der Waals surface area contributed by atoms with Gasteiger partial charge in [-0.15, -0.1) is 0 Å². The molecule has 6 nitrogen and oxygen atoms in total. The van der Waals surface area contributed by atoms with Crippen molar-refractivity contribution in [3.8, 4) is 11.5 Å². The quantitative estimate of drug-likeness (QED) is 0.745. The molecule has 0 bridgehead atoms. The number of hydrogen-bond donors (Lipinski definition) is 1. The van der Waals surface area contributed by atoms with Crippen molar-refractivity contribution >= 4 is 11.8 Å². The van der Waals surface area contributed by atoms with Crippen LogP contribution in [0.25, 0.3) is 0 Å². The van der Waals surface area contributed by atoms with Crippen molar-refractivity contribution in [3.63, 3.8) is 0 Å². The first-order valence-corrected chi connectivity index (χ1v) is 10.0. The Labute approximate surface area is 170 Å². The SMILES string of the molecule is COc1ccc(OC)c(C(=O)N(Cc2ccc(C(=O)NC3CC3)cc2)C2CC2)c1. The Morgan fingerprint density at radius 3 is 2.31 bits per heavy atom. The largest absolute Gasteiger partial charge is 0.497 e. The number of hydrogen-bond acceptors (Lipinski definition) is 4. The second-order valence-electron chi connectivity index (χ2n) is 7.68. The maximum absolute atomic E-state index is 13.3.